The summed E-state index contributed by atoms with van der Waals surface area (Å²) < 4.78 is 0. The Bertz CT molecular complexity index is 3580. The molecular weight excluding hydrogens is 1610 g/mol. The Hall–Kier alpha value is -11.0. The van der Waals surface area contributed by atoms with Crippen LogP contribution in [-0.4, -0.2) is 295 Å². The van der Waals surface area contributed by atoms with E-state index in [1.165, 1.54) is 13.8 Å². The Kier molecular flexibility index (Phi) is 49.9. The fraction of sp³-hybridized carbons (Fsp3) is 0.737. The van der Waals surface area contributed by atoms with Gasteiger partial charge in [-0.3, -0.25) is 91.3 Å². The molecule has 0 bridgehead atoms. The number of nitrogens with one attached hydrogen (secondary N) is 14. The number of aliphatic carboxylic acids is 4. The number of aliphatic hydroxyl groups is 3. The summed E-state index contributed by atoms with van der Waals surface area (Å²) >= 11 is 0. The number of carboxylic acids is 4. The van der Waals surface area contributed by atoms with Crippen LogP contribution in [-0.2, 0) is 91.1 Å². The van der Waals surface area contributed by atoms with Gasteiger partial charge in [-0.05, 0) is 127 Å². The lowest BCUT2D eigenvalue weighted by Gasteiger charge is -2.31. The van der Waals surface area contributed by atoms with Gasteiger partial charge in [-0.25, -0.2) is 4.79 Å². The van der Waals surface area contributed by atoms with Crippen LogP contribution >= 0.6 is 0 Å². The van der Waals surface area contributed by atoms with Gasteiger partial charge < -0.3 is 138 Å². The Morgan fingerprint density at radius 3 is 1.28 bits per heavy atom. The maximum Gasteiger partial charge on any atom is 0.326 e. The molecule has 0 aromatic carbocycles. The van der Waals surface area contributed by atoms with Crippen molar-refractivity contribution in [2.45, 2.75) is 289 Å². The number of carboxylic acid groups (broad SMARTS) is 4. The van der Waals surface area contributed by atoms with E-state index in [4.69, 9.17) is 33.1 Å². The van der Waals surface area contributed by atoms with Crippen LogP contribution in [0.3, 0.4) is 0 Å². The molecule has 1 fully saturated rings. The molecule has 0 saturated carbocycles. The normalized spacial score (nSPS) is 16.7. The second kappa shape index (κ2) is 55.8. The van der Waals surface area contributed by atoms with Crippen molar-refractivity contribution in [1.82, 2.24) is 79.3 Å². The SMILES string of the molecule is CC[C@H](C)[C@H](NC(=O)[C@H](C)NC(=O)[C@@H](NC(=O)[C@H](CO)NC(=O)[C@@H]1CCCN1C(=O)[C@@H](NC(=O)CNC(=O)[C@@H](N)CCC(=O)O)C(C)C)[C@@H](C)O)C(=O)N[C@@H](CCCN=C(N)N)C(=O)N[C@@H](CCC(=O)O)C(=O)N[C@@H](C(=O)N[C@@H](CO)C(=O)N[C@@H](CC(C)C)C(=O)N[C@@H](CC(C)C)C(=O)N[C@@H](CCCCN)C(=O)N[C@@H](CCC(=O)O)C(=O)O)[C@@H](C)CC. The van der Waals surface area contributed by atoms with Crippen LogP contribution in [0.25, 0.3) is 0 Å². The maximum atomic E-state index is 14.6. The zero-order valence-corrected chi connectivity index (χ0v) is 71.5. The number of unbranched alkanes of at least 4 members (excludes halogenated alkanes) is 1. The number of nitrogens with zero attached hydrogens (tertiary/aromatic N) is 2. The number of guanidine groups is 1. The van der Waals surface area contributed by atoms with Crippen LogP contribution in [0.4, 0.5) is 0 Å². The minimum Gasteiger partial charge on any atom is -0.481 e. The van der Waals surface area contributed by atoms with Gasteiger partial charge in [-0.2, -0.15) is 0 Å². The summed E-state index contributed by atoms with van der Waals surface area (Å²) in [7, 11) is 0. The van der Waals surface area contributed by atoms with Gasteiger partial charge in [-0.15, -0.1) is 0 Å². The van der Waals surface area contributed by atoms with Crippen molar-refractivity contribution < 1.29 is 127 Å². The van der Waals surface area contributed by atoms with Gasteiger partial charge in [0.2, 0.25) is 88.6 Å². The molecular formula is C76H132N20O26. The lowest BCUT2D eigenvalue weighted by molar-refractivity contribution is -0.144. The van der Waals surface area contributed by atoms with Crippen molar-refractivity contribution >= 4 is 118 Å². The van der Waals surface area contributed by atoms with E-state index < -0.39 is 279 Å². The van der Waals surface area contributed by atoms with E-state index >= 15 is 0 Å². The second-order valence-electron chi connectivity index (χ2n) is 31.5. The number of aliphatic imine (C=N–C) groups is 1. The molecule has 1 saturated heterocycles. The van der Waals surface area contributed by atoms with E-state index in [0.717, 1.165) is 11.8 Å². The Labute approximate surface area is 707 Å². The summed E-state index contributed by atoms with van der Waals surface area (Å²) in [6.07, 6.45) is -4.05. The van der Waals surface area contributed by atoms with Crippen molar-refractivity contribution in [2.75, 3.05) is 39.4 Å². The highest BCUT2D eigenvalue weighted by molar-refractivity contribution is 6.01. The summed E-state index contributed by atoms with van der Waals surface area (Å²) in [6, 6.07) is -23.4. The average molecular weight is 1740 g/mol. The number of rotatable bonds is 59. The van der Waals surface area contributed by atoms with Gasteiger partial charge in [0, 0.05) is 32.4 Å². The molecule has 15 amide bonds. The highest BCUT2D eigenvalue weighted by Gasteiger charge is 2.43. The summed E-state index contributed by atoms with van der Waals surface area (Å²) in [5, 5.41) is 103. The number of nitrogens with two attached hydrogens (primary N) is 4. The molecule has 0 spiro atoms. The first-order chi connectivity index (χ1) is 57.1. The standard InChI is InChI=1S/C76H132N20O26/c1-13-39(9)58(93-61(107)41(11)83-73(119)60(42(12)99)95-69(115)51(35-98)90-70(116)52-21-18-30-96(52)74(120)57(38(7)8)92-53(100)33-82-62(108)43(78)22-25-54(101)102)71(117)86-45(20-17-29-81-76(79)80)63(109)85-46(23-26-55(103)104)65(111)94-59(40(10)14-2)72(118)91-50(34-97)68(114)89-49(32-37(5)6)67(113)88-48(31-36(3)4)66(112)84-44(19-15-16-28-77)64(110)87-47(75(121)122)24-27-56(105)106/h36-52,57-60,97-99H,13-35,77-78H2,1-12H3,(H,82,108)(H,83,119)(H,84,112)(H,85,109)(H,86,117)(H,87,110)(H,88,113)(H,89,114)(H,90,116)(H,91,118)(H,92,100)(H,93,107)(H,94,111)(H,95,115)(H,101,102)(H,103,104)(H,105,106)(H,121,122)(H4,79,80,81)/t39-,40-,41-,42+,43-,44-,45-,46-,47-,48-,49-,50-,51-,52-,57-,58-,59+,60-/m0/s1. The third-order valence-electron chi connectivity index (χ3n) is 19.9. The number of carbonyl (C=O) groups is 19. The molecule has 29 N–H and O–H groups in total. The fourth-order valence-electron chi connectivity index (χ4n) is 12.4. The summed E-state index contributed by atoms with van der Waals surface area (Å²) in [5.74, 6) is -23.6. The molecule has 46 heteroatoms. The highest BCUT2D eigenvalue weighted by atomic mass is 16.4. The molecule has 1 aliphatic rings. The van der Waals surface area contributed by atoms with Gasteiger partial charge >= 0.3 is 23.9 Å². The van der Waals surface area contributed by atoms with E-state index in [1.54, 1.807) is 62.3 Å². The number of hydrogen-bond donors (Lipinski definition) is 25. The van der Waals surface area contributed by atoms with Gasteiger partial charge in [0.1, 0.15) is 84.6 Å². The van der Waals surface area contributed by atoms with Gasteiger partial charge in [0.25, 0.3) is 0 Å². The Morgan fingerprint density at radius 1 is 0.434 bits per heavy atom. The number of carbonyl (C=O) groups excluding carboxylic acids is 15. The smallest absolute Gasteiger partial charge is 0.326 e. The van der Waals surface area contributed by atoms with E-state index in [1.807, 2.05) is 0 Å². The first-order valence-electron chi connectivity index (χ1n) is 40.9. The average Bonchev–Trinajstić information content (AvgIpc) is 1.66. The molecule has 1 aliphatic heterocycles. The summed E-state index contributed by atoms with van der Waals surface area (Å²) in [5.41, 5.74) is 22.5. The third-order valence-corrected chi connectivity index (χ3v) is 19.9. The molecule has 46 nitrogen and oxygen atoms in total. The first-order valence-corrected chi connectivity index (χ1v) is 40.9. The van der Waals surface area contributed by atoms with Crippen LogP contribution in [0.1, 0.15) is 192 Å². The molecule has 0 aromatic heterocycles. The van der Waals surface area contributed by atoms with Gasteiger partial charge in [0.15, 0.2) is 5.96 Å². The minimum absolute atomic E-state index is 0.0139. The molecule has 0 aliphatic carbocycles. The largest absolute Gasteiger partial charge is 0.481 e. The van der Waals surface area contributed by atoms with Crippen LogP contribution in [0.2, 0.25) is 0 Å². The van der Waals surface area contributed by atoms with E-state index in [9.17, 15) is 117 Å². The Morgan fingerprint density at radius 2 is 0.828 bits per heavy atom. The van der Waals surface area contributed by atoms with Crippen LogP contribution in [0.15, 0.2) is 4.99 Å². The topological polar surface area (TPSA) is 754 Å². The van der Waals surface area contributed by atoms with Crippen LogP contribution in [0.5, 0.6) is 0 Å². The van der Waals surface area contributed by atoms with Crippen LogP contribution in [0, 0.1) is 29.6 Å². The second-order valence-corrected chi connectivity index (χ2v) is 31.5. The lowest BCUT2D eigenvalue weighted by atomic mass is 9.96. The monoisotopic (exact) mass is 1740 g/mol. The maximum absolute atomic E-state index is 14.6. The summed E-state index contributed by atoms with van der Waals surface area (Å²) in [4.78, 5) is 260. The quantitative estimate of drug-likeness (QED) is 0.0153. The molecule has 0 aromatic rings. The lowest BCUT2D eigenvalue weighted by Crippen LogP contribution is -2.62. The summed E-state index contributed by atoms with van der Waals surface area (Å²) in [6.45, 7) is 15.8. The molecule has 1 rings (SSSR count). The highest BCUT2D eigenvalue weighted by Crippen LogP contribution is 2.22. The molecule has 18 atom stereocenters. The predicted octanol–water partition coefficient (Wildman–Crippen LogP) is -7.19. The Balaban J connectivity index is 3.53. The fourth-order valence-corrected chi connectivity index (χ4v) is 12.4. The molecule has 692 valence electrons. The van der Waals surface area contributed by atoms with Crippen molar-refractivity contribution in [3.05, 3.63) is 0 Å². The molecule has 1 heterocycles. The van der Waals surface area contributed by atoms with Crippen molar-refractivity contribution in [3.63, 3.8) is 0 Å². The van der Waals surface area contributed by atoms with Gasteiger partial charge in [-0.1, -0.05) is 82.1 Å². The van der Waals surface area contributed by atoms with Crippen LogP contribution < -0.4 is 97.4 Å². The molecule has 122 heavy (non-hydrogen) atoms. The number of amides is 15. The predicted molar refractivity (Wildman–Crippen MR) is 436 cm³/mol. The number of hydrogen-bond acceptors (Lipinski definition) is 25. The molecule has 0 radical (unpaired) electrons. The van der Waals surface area contributed by atoms with E-state index in [2.05, 4.69) is 79.4 Å². The zero-order valence-electron chi connectivity index (χ0n) is 71.5. The van der Waals surface area contributed by atoms with Gasteiger partial charge in [0.05, 0.1) is 31.9 Å². The number of likely N-dealkylation sites (tertiary alicyclic amines) is 1. The molecule has 0 unspecified atom stereocenters. The first kappa shape index (κ1) is 109. The van der Waals surface area contributed by atoms with E-state index in [0.29, 0.717) is 6.42 Å². The van der Waals surface area contributed by atoms with Crippen molar-refractivity contribution in [2.24, 2.45) is 57.5 Å². The number of aliphatic hydroxyl groups excluding tert-OH is 3. The zero-order chi connectivity index (χ0) is 93.1. The third kappa shape index (κ3) is 39.7. The van der Waals surface area contributed by atoms with Crippen molar-refractivity contribution in [3.8, 4) is 0 Å². The minimum atomic E-state index is -1.90. The van der Waals surface area contributed by atoms with E-state index in [-0.39, 0.29) is 108 Å². The van der Waals surface area contributed by atoms with Crippen molar-refractivity contribution in [1.29, 1.82) is 0 Å².